The normalized spacial score (nSPS) is 10.2. The molecule has 0 aliphatic heterocycles. The molecule has 0 spiro atoms. The van der Waals surface area contributed by atoms with Gasteiger partial charge in [0.25, 0.3) is 0 Å². The van der Waals surface area contributed by atoms with Crippen molar-refractivity contribution in [3.8, 4) is 5.75 Å². The Morgan fingerprint density at radius 3 is 2.42 bits per heavy atom. The monoisotopic (exact) mass is 258 g/mol. The highest BCUT2D eigenvalue weighted by Gasteiger charge is 2.01. The molecule has 0 radical (unpaired) electrons. The van der Waals surface area contributed by atoms with Crippen LogP contribution in [0.2, 0.25) is 0 Å². The van der Waals surface area contributed by atoms with Gasteiger partial charge in [-0.2, -0.15) is 0 Å². The fourth-order valence-electron chi connectivity index (χ4n) is 1.79. The second-order valence-corrected chi connectivity index (χ2v) is 4.28. The molecule has 0 amide bonds. The van der Waals surface area contributed by atoms with Gasteiger partial charge in [-0.25, -0.2) is 0 Å². The number of rotatable bonds is 5. The van der Waals surface area contributed by atoms with Gasteiger partial charge in [-0.05, 0) is 23.3 Å². The van der Waals surface area contributed by atoms with Gasteiger partial charge in [0.15, 0.2) is 0 Å². The third kappa shape index (κ3) is 3.39. The third-order valence-electron chi connectivity index (χ3n) is 2.94. The summed E-state index contributed by atoms with van der Waals surface area (Å²) in [5.41, 5.74) is 9.40. The van der Waals surface area contributed by atoms with Crippen molar-refractivity contribution < 1.29 is 9.84 Å². The number of aliphatic hydroxyl groups is 1. The largest absolute Gasteiger partial charge is 0.495 e. The molecule has 0 heterocycles. The van der Waals surface area contributed by atoms with Gasteiger partial charge in [0.2, 0.25) is 0 Å². The van der Waals surface area contributed by atoms with Crippen LogP contribution in [0.25, 0.3) is 0 Å². The summed E-state index contributed by atoms with van der Waals surface area (Å²) in [5, 5.41) is 12.3. The van der Waals surface area contributed by atoms with Crippen molar-refractivity contribution in [1.29, 1.82) is 0 Å². The van der Waals surface area contributed by atoms with E-state index in [4.69, 9.17) is 15.6 Å². The summed E-state index contributed by atoms with van der Waals surface area (Å²) in [5.74, 6) is 0.667. The van der Waals surface area contributed by atoms with Crippen LogP contribution in [0.1, 0.15) is 11.1 Å². The van der Waals surface area contributed by atoms with E-state index in [1.165, 1.54) is 0 Å². The first-order valence-electron chi connectivity index (χ1n) is 6.09. The number of hydrogen-bond donors (Lipinski definition) is 3. The minimum absolute atomic E-state index is 0.0723. The van der Waals surface area contributed by atoms with Crippen molar-refractivity contribution in [1.82, 2.24) is 0 Å². The Balaban J connectivity index is 2.01. The number of benzene rings is 2. The maximum Gasteiger partial charge on any atom is 0.143 e. The van der Waals surface area contributed by atoms with Crippen LogP contribution >= 0.6 is 0 Å². The van der Waals surface area contributed by atoms with Crippen LogP contribution in [0.3, 0.4) is 0 Å². The molecule has 0 unspecified atom stereocenters. The van der Waals surface area contributed by atoms with Gasteiger partial charge in [-0.1, -0.05) is 24.3 Å². The second kappa shape index (κ2) is 6.11. The first-order chi connectivity index (χ1) is 9.22. The molecule has 0 bridgehead atoms. The SMILES string of the molecule is COc1cc(NCc2ccc(CO)cc2)ccc1N. The Hall–Kier alpha value is -2.20. The predicted octanol–water partition coefficient (Wildman–Crippen LogP) is 2.38. The van der Waals surface area contributed by atoms with Gasteiger partial charge in [-0.15, -0.1) is 0 Å². The summed E-state index contributed by atoms with van der Waals surface area (Å²) in [6.45, 7) is 0.779. The Labute approximate surface area is 112 Å². The summed E-state index contributed by atoms with van der Waals surface area (Å²) in [6, 6.07) is 13.4. The molecule has 0 fully saturated rings. The van der Waals surface area contributed by atoms with Crippen LogP contribution in [0, 0.1) is 0 Å². The van der Waals surface area contributed by atoms with Gasteiger partial charge < -0.3 is 20.9 Å². The third-order valence-corrected chi connectivity index (χ3v) is 2.94. The molecule has 4 N–H and O–H groups in total. The number of nitrogens with one attached hydrogen (secondary N) is 1. The highest BCUT2D eigenvalue weighted by molar-refractivity contribution is 5.61. The summed E-state index contributed by atoms with van der Waals surface area (Å²) in [4.78, 5) is 0. The highest BCUT2D eigenvalue weighted by Crippen LogP contribution is 2.25. The van der Waals surface area contributed by atoms with Crippen LogP contribution in [-0.2, 0) is 13.2 Å². The molecule has 2 rings (SSSR count). The molecular formula is C15H18N2O2. The number of aliphatic hydroxyl groups excluding tert-OH is 1. The van der Waals surface area contributed by atoms with E-state index in [-0.39, 0.29) is 6.61 Å². The number of nitrogens with two attached hydrogens (primary N) is 1. The standard InChI is InChI=1S/C15H18N2O2/c1-19-15-8-13(6-7-14(15)16)17-9-11-2-4-12(10-18)5-3-11/h2-8,17-18H,9-10,16H2,1H3. The summed E-state index contributed by atoms with van der Waals surface area (Å²) in [7, 11) is 1.60. The lowest BCUT2D eigenvalue weighted by Gasteiger charge is -2.10. The number of methoxy groups -OCH3 is 1. The van der Waals surface area contributed by atoms with E-state index in [1.807, 2.05) is 42.5 Å². The van der Waals surface area contributed by atoms with Crippen molar-refractivity contribution in [2.45, 2.75) is 13.2 Å². The maximum atomic E-state index is 8.98. The minimum Gasteiger partial charge on any atom is -0.495 e. The number of ether oxygens (including phenoxy) is 1. The van der Waals surface area contributed by atoms with Crippen LogP contribution in [0.4, 0.5) is 11.4 Å². The molecule has 2 aromatic carbocycles. The smallest absolute Gasteiger partial charge is 0.143 e. The number of hydrogen-bond acceptors (Lipinski definition) is 4. The van der Waals surface area contributed by atoms with Crippen LogP contribution in [0.15, 0.2) is 42.5 Å². The number of nitrogen functional groups attached to an aromatic ring is 1. The molecule has 100 valence electrons. The van der Waals surface area contributed by atoms with Crippen LogP contribution in [0.5, 0.6) is 5.75 Å². The first-order valence-corrected chi connectivity index (χ1v) is 6.09. The summed E-state index contributed by atoms with van der Waals surface area (Å²) >= 11 is 0. The molecule has 19 heavy (non-hydrogen) atoms. The van der Waals surface area contributed by atoms with Crippen molar-refractivity contribution in [2.24, 2.45) is 0 Å². The molecule has 0 atom stereocenters. The lowest BCUT2D eigenvalue weighted by Crippen LogP contribution is -2.01. The fraction of sp³-hybridized carbons (Fsp3) is 0.200. The van der Waals surface area contributed by atoms with E-state index in [0.717, 1.165) is 16.8 Å². The van der Waals surface area contributed by atoms with Gasteiger partial charge in [0, 0.05) is 18.3 Å². The Morgan fingerprint density at radius 2 is 1.79 bits per heavy atom. The topological polar surface area (TPSA) is 67.5 Å². The van der Waals surface area contributed by atoms with Gasteiger partial charge in [0.1, 0.15) is 5.75 Å². The Bertz CT molecular complexity index is 538. The van der Waals surface area contributed by atoms with E-state index in [1.54, 1.807) is 7.11 Å². The quantitative estimate of drug-likeness (QED) is 0.720. The van der Waals surface area contributed by atoms with Crippen LogP contribution in [-0.4, -0.2) is 12.2 Å². The van der Waals surface area contributed by atoms with Crippen molar-refractivity contribution in [3.63, 3.8) is 0 Å². The molecule has 4 nitrogen and oxygen atoms in total. The van der Waals surface area contributed by atoms with E-state index >= 15 is 0 Å². The molecular weight excluding hydrogens is 240 g/mol. The minimum atomic E-state index is 0.0723. The van der Waals surface area contributed by atoms with Crippen LogP contribution < -0.4 is 15.8 Å². The zero-order chi connectivity index (χ0) is 13.7. The van der Waals surface area contributed by atoms with E-state index < -0.39 is 0 Å². The zero-order valence-electron chi connectivity index (χ0n) is 10.9. The van der Waals surface area contributed by atoms with Crippen molar-refractivity contribution >= 4 is 11.4 Å². The van der Waals surface area contributed by atoms with Gasteiger partial charge in [-0.3, -0.25) is 0 Å². The number of anilines is 2. The van der Waals surface area contributed by atoms with E-state index in [2.05, 4.69) is 5.32 Å². The Morgan fingerprint density at radius 1 is 1.11 bits per heavy atom. The highest BCUT2D eigenvalue weighted by atomic mass is 16.5. The molecule has 0 saturated heterocycles. The molecule has 0 aliphatic carbocycles. The van der Waals surface area contributed by atoms with E-state index in [9.17, 15) is 0 Å². The van der Waals surface area contributed by atoms with Gasteiger partial charge in [0.05, 0.1) is 19.4 Å². The van der Waals surface area contributed by atoms with Crippen molar-refractivity contribution in [2.75, 3.05) is 18.2 Å². The lowest BCUT2D eigenvalue weighted by molar-refractivity contribution is 0.282. The lowest BCUT2D eigenvalue weighted by atomic mass is 10.1. The summed E-state index contributed by atoms with van der Waals surface area (Å²) in [6.07, 6.45) is 0. The average Bonchev–Trinajstić information content (AvgIpc) is 2.47. The van der Waals surface area contributed by atoms with Crippen molar-refractivity contribution in [3.05, 3.63) is 53.6 Å². The molecule has 0 saturated carbocycles. The average molecular weight is 258 g/mol. The predicted molar refractivity (Wildman–Crippen MR) is 77.1 cm³/mol. The maximum absolute atomic E-state index is 8.98. The molecule has 2 aromatic rings. The Kier molecular flexibility index (Phi) is 4.26. The molecule has 0 aromatic heterocycles. The van der Waals surface area contributed by atoms with E-state index in [0.29, 0.717) is 18.0 Å². The molecule has 4 heteroatoms. The fourth-order valence-corrected chi connectivity index (χ4v) is 1.79. The summed E-state index contributed by atoms with van der Waals surface area (Å²) < 4.78 is 5.18. The first kappa shape index (κ1) is 13.2. The zero-order valence-corrected chi connectivity index (χ0v) is 10.9. The second-order valence-electron chi connectivity index (χ2n) is 4.28. The van der Waals surface area contributed by atoms with Gasteiger partial charge >= 0.3 is 0 Å². The molecule has 0 aliphatic rings.